The summed E-state index contributed by atoms with van der Waals surface area (Å²) >= 11 is 1.47. The number of ether oxygens (including phenoxy) is 2. The number of alkyl halides is 1. The SMILES string of the molecule is COc1ccc(-c2nc3sc(C)c(C)c3c(=O)n2CCF)cc1OC. The van der Waals surface area contributed by atoms with Gasteiger partial charge in [0.05, 0.1) is 26.2 Å². The number of nitrogens with zero attached hydrogens (tertiary/aromatic N) is 2. The molecule has 0 aliphatic heterocycles. The summed E-state index contributed by atoms with van der Waals surface area (Å²) in [6.45, 7) is 3.17. The fourth-order valence-electron chi connectivity index (χ4n) is 2.81. The van der Waals surface area contributed by atoms with E-state index in [0.717, 1.165) is 10.4 Å². The number of aromatic nitrogens is 2. The first-order valence-electron chi connectivity index (χ1n) is 7.80. The van der Waals surface area contributed by atoms with Crippen LogP contribution in [0.5, 0.6) is 11.5 Å². The Morgan fingerprint density at radius 3 is 2.56 bits per heavy atom. The summed E-state index contributed by atoms with van der Waals surface area (Å²) < 4.78 is 25.1. The zero-order valence-electron chi connectivity index (χ0n) is 14.6. The number of hydrogen-bond donors (Lipinski definition) is 0. The van der Waals surface area contributed by atoms with Gasteiger partial charge in [-0.1, -0.05) is 0 Å². The van der Waals surface area contributed by atoms with E-state index in [9.17, 15) is 9.18 Å². The number of fused-ring (bicyclic) bond motifs is 1. The topological polar surface area (TPSA) is 53.3 Å². The first kappa shape index (κ1) is 17.4. The molecule has 0 unspecified atom stereocenters. The van der Waals surface area contributed by atoms with Gasteiger partial charge in [0, 0.05) is 10.4 Å². The van der Waals surface area contributed by atoms with Gasteiger partial charge in [0.25, 0.3) is 5.56 Å². The predicted octanol–water partition coefficient (Wildman–Crippen LogP) is 3.73. The van der Waals surface area contributed by atoms with Crippen molar-refractivity contribution in [2.75, 3.05) is 20.9 Å². The molecule has 132 valence electrons. The minimum Gasteiger partial charge on any atom is -0.493 e. The highest BCUT2D eigenvalue weighted by atomic mass is 32.1. The third-order valence-corrected chi connectivity index (χ3v) is 5.34. The molecular formula is C18H19FN2O3S. The number of thiophene rings is 1. The van der Waals surface area contributed by atoms with Crippen molar-refractivity contribution in [2.45, 2.75) is 20.4 Å². The van der Waals surface area contributed by atoms with Crippen LogP contribution < -0.4 is 15.0 Å². The van der Waals surface area contributed by atoms with Crippen LogP contribution >= 0.6 is 11.3 Å². The fourth-order valence-corrected chi connectivity index (χ4v) is 3.83. The van der Waals surface area contributed by atoms with Gasteiger partial charge in [0.15, 0.2) is 11.5 Å². The van der Waals surface area contributed by atoms with Crippen molar-refractivity contribution in [1.29, 1.82) is 0 Å². The Morgan fingerprint density at radius 1 is 1.20 bits per heavy atom. The van der Waals surface area contributed by atoms with E-state index >= 15 is 0 Å². The van der Waals surface area contributed by atoms with E-state index < -0.39 is 6.67 Å². The second-order valence-corrected chi connectivity index (χ2v) is 6.82. The number of benzene rings is 1. The Bertz CT molecular complexity index is 994. The van der Waals surface area contributed by atoms with Crippen molar-refractivity contribution < 1.29 is 13.9 Å². The fraction of sp³-hybridized carbons (Fsp3) is 0.333. The highest BCUT2D eigenvalue weighted by molar-refractivity contribution is 7.18. The highest BCUT2D eigenvalue weighted by Gasteiger charge is 2.18. The maximum atomic E-state index is 13.1. The van der Waals surface area contributed by atoms with Crippen LogP contribution in [0.15, 0.2) is 23.0 Å². The van der Waals surface area contributed by atoms with E-state index in [4.69, 9.17) is 9.47 Å². The van der Waals surface area contributed by atoms with Crippen molar-refractivity contribution in [3.63, 3.8) is 0 Å². The monoisotopic (exact) mass is 362 g/mol. The Kier molecular flexibility index (Phi) is 4.76. The zero-order chi connectivity index (χ0) is 18.1. The Hall–Kier alpha value is -2.41. The first-order valence-corrected chi connectivity index (χ1v) is 8.62. The summed E-state index contributed by atoms with van der Waals surface area (Å²) in [5.74, 6) is 1.53. The maximum Gasteiger partial charge on any atom is 0.262 e. The van der Waals surface area contributed by atoms with Gasteiger partial charge in [-0.3, -0.25) is 9.36 Å². The number of halogens is 1. The van der Waals surface area contributed by atoms with Crippen molar-refractivity contribution in [1.82, 2.24) is 9.55 Å². The summed E-state index contributed by atoms with van der Waals surface area (Å²) in [7, 11) is 3.09. The Morgan fingerprint density at radius 2 is 1.92 bits per heavy atom. The van der Waals surface area contributed by atoms with E-state index in [-0.39, 0.29) is 12.1 Å². The lowest BCUT2D eigenvalue weighted by Crippen LogP contribution is -2.24. The molecule has 0 saturated heterocycles. The van der Waals surface area contributed by atoms with Gasteiger partial charge in [-0.2, -0.15) is 0 Å². The van der Waals surface area contributed by atoms with E-state index in [1.807, 2.05) is 13.8 Å². The van der Waals surface area contributed by atoms with Gasteiger partial charge < -0.3 is 9.47 Å². The van der Waals surface area contributed by atoms with E-state index in [0.29, 0.717) is 33.1 Å². The molecule has 0 N–H and O–H groups in total. The van der Waals surface area contributed by atoms with Gasteiger partial charge >= 0.3 is 0 Å². The highest BCUT2D eigenvalue weighted by Crippen LogP contribution is 2.33. The molecule has 0 amide bonds. The van der Waals surface area contributed by atoms with Crippen LogP contribution in [-0.2, 0) is 6.54 Å². The minimum absolute atomic E-state index is 0.0419. The van der Waals surface area contributed by atoms with Crippen molar-refractivity contribution >= 4 is 21.6 Å². The van der Waals surface area contributed by atoms with Gasteiger partial charge in [0.2, 0.25) is 0 Å². The largest absolute Gasteiger partial charge is 0.493 e. The lowest BCUT2D eigenvalue weighted by atomic mass is 10.1. The minimum atomic E-state index is -0.643. The zero-order valence-corrected chi connectivity index (χ0v) is 15.4. The molecule has 0 saturated carbocycles. The molecule has 7 heteroatoms. The molecule has 2 heterocycles. The summed E-state index contributed by atoms with van der Waals surface area (Å²) in [4.78, 5) is 19.3. The molecule has 2 aromatic heterocycles. The van der Waals surface area contributed by atoms with Crippen molar-refractivity contribution in [3.05, 3.63) is 39.0 Å². The predicted molar refractivity (Wildman–Crippen MR) is 97.9 cm³/mol. The second-order valence-electron chi connectivity index (χ2n) is 5.61. The number of aryl methyl sites for hydroxylation is 2. The summed E-state index contributed by atoms with van der Waals surface area (Å²) in [6.07, 6.45) is 0. The standard InChI is InChI=1S/C18H19FN2O3S/c1-10-11(2)25-17-15(10)18(22)21(8-7-19)16(20-17)12-5-6-13(23-3)14(9-12)24-4/h5-6,9H,7-8H2,1-4H3. The molecule has 0 aliphatic carbocycles. The van der Waals surface area contributed by atoms with E-state index in [1.165, 1.54) is 15.9 Å². The summed E-state index contributed by atoms with van der Waals surface area (Å²) in [5.41, 5.74) is 1.37. The summed E-state index contributed by atoms with van der Waals surface area (Å²) in [6, 6.07) is 5.28. The maximum absolute atomic E-state index is 13.1. The van der Waals surface area contributed by atoms with Gasteiger partial charge in [0.1, 0.15) is 17.3 Å². The van der Waals surface area contributed by atoms with Crippen LogP contribution in [0.1, 0.15) is 10.4 Å². The van der Waals surface area contributed by atoms with E-state index in [2.05, 4.69) is 4.98 Å². The molecule has 0 spiro atoms. The molecule has 0 aliphatic rings. The number of rotatable bonds is 5. The smallest absolute Gasteiger partial charge is 0.262 e. The van der Waals surface area contributed by atoms with Crippen LogP contribution in [0, 0.1) is 13.8 Å². The van der Waals surface area contributed by atoms with Crippen molar-refractivity contribution in [3.8, 4) is 22.9 Å². The van der Waals surface area contributed by atoms with Crippen LogP contribution in [0.3, 0.4) is 0 Å². The van der Waals surface area contributed by atoms with Gasteiger partial charge in [-0.25, -0.2) is 9.37 Å². The number of hydrogen-bond acceptors (Lipinski definition) is 5. The quantitative estimate of drug-likeness (QED) is 0.694. The second kappa shape index (κ2) is 6.84. The van der Waals surface area contributed by atoms with Crippen molar-refractivity contribution in [2.24, 2.45) is 0 Å². The number of methoxy groups -OCH3 is 2. The average molecular weight is 362 g/mol. The lowest BCUT2D eigenvalue weighted by molar-refractivity contribution is 0.355. The Labute approximate surface area is 148 Å². The molecular weight excluding hydrogens is 343 g/mol. The molecule has 1 aromatic carbocycles. The van der Waals surface area contributed by atoms with Crippen LogP contribution in [0.2, 0.25) is 0 Å². The summed E-state index contributed by atoms with van der Waals surface area (Å²) in [5, 5.41) is 0.570. The third kappa shape index (κ3) is 2.89. The lowest BCUT2D eigenvalue weighted by Gasteiger charge is -2.13. The molecule has 0 bridgehead atoms. The third-order valence-electron chi connectivity index (χ3n) is 4.24. The van der Waals surface area contributed by atoms with Gasteiger partial charge in [-0.05, 0) is 37.6 Å². The van der Waals surface area contributed by atoms with E-state index in [1.54, 1.807) is 32.4 Å². The van der Waals surface area contributed by atoms with Crippen LogP contribution in [0.25, 0.3) is 21.6 Å². The molecule has 0 radical (unpaired) electrons. The van der Waals surface area contributed by atoms with Crippen LogP contribution in [-0.4, -0.2) is 30.4 Å². The normalized spacial score (nSPS) is 11.1. The molecule has 3 aromatic rings. The molecule has 0 fully saturated rings. The molecule has 25 heavy (non-hydrogen) atoms. The molecule has 5 nitrogen and oxygen atoms in total. The van der Waals surface area contributed by atoms with Gasteiger partial charge in [-0.15, -0.1) is 11.3 Å². The molecule has 3 rings (SSSR count). The molecule has 0 atom stereocenters. The Balaban J connectivity index is 2.31. The average Bonchev–Trinajstić information content (AvgIpc) is 2.91. The van der Waals surface area contributed by atoms with Crippen LogP contribution in [0.4, 0.5) is 4.39 Å². The first-order chi connectivity index (χ1) is 12.0.